The molecule has 5 heteroatoms. The molecule has 122 valence electrons. The van der Waals surface area contributed by atoms with Gasteiger partial charge in [-0.05, 0) is 37.9 Å². The highest BCUT2D eigenvalue weighted by Crippen LogP contribution is 2.47. The zero-order chi connectivity index (χ0) is 15.8. The SMILES string of the molecule is CC(C)CS(=O)(=O)C1CC2(CCNCC2)Oc2ccccc21. The number of para-hydroxylation sites is 1. The van der Waals surface area contributed by atoms with Gasteiger partial charge in [0.05, 0.1) is 11.0 Å². The molecule has 0 bridgehead atoms. The van der Waals surface area contributed by atoms with Crippen LogP contribution in [0.2, 0.25) is 0 Å². The highest BCUT2D eigenvalue weighted by atomic mass is 32.2. The van der Waals surface area contributed by atoms with Gasteiger partial charge in [0.15, 0.2) is 9.84 Å². The molecule has 1 aromatic rings. The van der Waals surface area contributed by atoms with E-state index >= 15 is 0 Å². The quantitative estimate of drug-likeness (QED) is 0.929. The summed E-state index contributed by atoms with van der Waals surface area (Å²) >= 11 is 0. The van der Waals surface area contributed by atoms with E-state index in [1.807, 2.05) is 38.1 Å². The molecule has 0 aromatic heterocycles. The van der Waals surface area contributed by atoms with Crippen LogP contribution < -0.4 is 10.1 Å². The number of rotatable bonds is 3. The molecule has 22 heavy (non-hydrogen) atoms. The molecule has 1 unspecified atom stereocenters. The summed E-state index contributed by atoms with van der Waals surface area (Å²) in [6, 6.07) is 7.65. The fourth-order valence-corrected chi connectivity index (χ4v) is 5.95. The number of piperidine rings is 1. The van der Waals surface area contributed by atoms with E-state index in [1.54, 1.807) is 0 Å². The van der Waals surface area contributed by atoms with Gasteiger partial charge >= 0.3 is 0 Å². The topological polar surface area (TPSA) is 55.4 Å². The molecule has 3 rings (SSSR count). The number of sulfone groups is 1. The van der Waals surface area contributed by atoms with Crippen molar-refractivity contribution < 1.29 is 13.2 Å². The smallest absolute Gasteiger partial charge is 0.157 e. The number of ether oxygens (including phenoxy) is 1. The first kappa shape index (κ1) is 15.8. The number of benzene rings is 1. The molecule has 2 aliphatic rings. The van der Waals surface area contributed by atoms with Gasteiger partial charge in [0.1, 0.15) is 11.4 Å². The molecule has 1 spiro atoms. The minimum Gasteiger partial charge on any atom is -0.487 e. The Morgan fingerprint density at radius 2 is 1.95 bits per heavy atom. The predicted molar refractivity (Wildman–Crippen MR) is 87.9 cm³/mol. The first-order chi connectivity index (χ1) is 10.4. The largest absolute Gasteiger partial charge is 0.487 e. The third kappa shape index (κ3) is 3.01. The van der Waals surface area contributed by atoms with Crippen molar-refractivity contribution in [2.75, 3.05) is 18.8 Å². The Hall–Kier alpha value is -1.07. The van der Waals surface area contributed by atoms with Crippen molar-refractivity contribution in [3.8, 4) is 5.75 Å². The van der Waals surface area contributed by atoms with Gasteiger partial charge in [-0.15, -0.1) is 0 Å². The van der Waals surface area contributed by atoms with Gasteiger partial charge in [-0.2, -0.15) is 0 Å². The van der Waals surface area contributed by atoms with Crippen molar-refractivity contribution in [3.05, 3.63) is 29.8 Å². The summed E-state index contributed by atoms with van der Waals surface area (Å²) in [5.74, 6) is 1.14. The first-order valence-corrected chi connectivity index (χ1v) is 9.84. The van der Waals surface area contributed by atoms with Crippen molar-refractivity contribution in [2.45, 2.75) is 44.0 Å². The Morgan fingerprint density at radius 1 is 1.27 bits per heavy atom. The number of hydrogen-bond donors (Lipinski definition) is 1. The monoisotopic (exact) mass is 323 g/mol. The van der Waals surface area contributed by atoms with E-state index < -0.39 is 15.1 Å². The van der Waals surface area contributed by atoms with E-state index in [2.05, 4.69) is 5.32 Å². The van der Waals surface area contributed by atoms with Crippen molar-refractivity contribution in [1.82, 2.24) is 5.32 Å². The van der Waals surface area contributed by atoms with Crippen LogP contribution in [0.3, 0.4) is 0 Å². The van der Waals surface area contributed by atoms with Crippen LogP contribution in [0.1, 0.15) is 43.9 Å². The van der Waals surface area contributed by atoms with Crippen LogP contribution in [-0.2, 0) is 9.84 Å². The maximum atomic E-state index is 12.9. The standard InChI is InChI=1S/C17H25NO3S/c1-13(2)12-22(19,20)16-11-17(7-9-18-10-8-17)21-15-6-4-3-5-14(15)16/h3-6,13,16,18H,7-12H2,1-2H3. The lowest BCUT2D eigenvalue weighted by Gasteiger charge is -2.44. The van der Waals surface area contributed by atoms with Gasteiger partial charge in [0.2, 0.25) is 0 Å². The summed E-state index contributed by atoms with van der Waals surface area (Å²) in [6.45, 7) is 5.70. The molecule has 1 atom stereocenters. The van der Waals surface area contributed by atoms with Crippen molar-refractivity contribution in [1.29, 1.82) is 0 Å². The van der Waals surface area contributed by atoms with Crippen LogP contribution in [0.4, 0.5) is 0 Å². The van der Waals surface area contributed by atoms with Crippen LogP contribution in [0.25, 0.3) is 0 Å². The second kappa shape index (κ2) is 5.85. The summed E-state index contributed by atoms with van der Waals surface area (Å²) in [5, 5.41) is 2.90. The summed E-state index contributed by atoms with van der Waals surface area (Å²) in [7, 11) is -3.17. The van der Waals surface area contributed by atoms with Gasteiger partial charge in [-0.3, -0.25) is 0 Å². The zero-order valence-corrected chi connectivity index (χ0v) is 14.2. The number of nitrogens with one attached hydrogen (secondary N) is 1. The molecule has 2 aliphatic heterocycles. The van der Waals surface area contributed by atoms with Gasteiger partial charge in [0, 0.05) is 12.0 Å². The fraction of sp³-hybridized carbons (Fsp3) is 0.647. The van der Waals surface area contributed by atoms with Crippen molar-refractivity contribution in [2.24, 2.45) is 5.92 Å². The predicted octanol–water partition coefficient (Wildman–Crippen LogP) is 2.70. The summed E-state index contributed by atoms with van der Waals surface area (Å²) in [5.41, 5.74) is 0.515. The third-order valence-corrected chi connectivity index (χ3v) is 7.08. The summed E-state index contributed by atoms with van der Waals surface area (Å²) < 4.78 is 32.1. The lowest BCUT2D eigenvalue weighted by Crippen LogP contribution is -2.50. The zero-order valence-electron chi connectivity index (χ0n) is 13.3. The maximum Gasteiger partial charge on any atom is 0.157 e. The molecule has 0 saturated carbocycles. The van der Waals surface area contributed by atoms with E-state index in [0.717, 1.165) is 37.2 Å². The Morgan fingerprint density at radius 3 is 2.64 bits per heavy atom. The normalized spacial score (nSPS) is 24.0. The maximum absolute atomic E-state index is 12.9. The number of hydrogen-bond acceptors (Lipinski definition) is 4. The van der Waals surface area contributed by atoms with Crippen LogP contribution >= 0.6 is 0 Å². The van der Waals surface area contributed by atoms with Gasteiger partial charge < -0.3 is 10.1 Å². The van der Waals surface area contributed by atoms with Crippen LogP contribution in [0, 0.1) is 5.92 Å². The van der Waals surface area contributed by atoms with E-state index in [9.17, 15) is 8.42 Å². The highest BCUT2D eigenvalue weighted by Gasteiger charge is 2.46. The van der Waals surface area contributed by atoms with Gasteiger partial charge in [-0.25, -0.2) is 8.42 Å². The van der Waals surface area contributed by atoms with Crippen molar-refractivity contribution >= 4 is 9.84 Å². The van der Waals surface area contributed by atoms with Crippen LogP contribution in [-0.4, -0.2) is 32.9 Å². The fourth-order valence-electron chi connectivity index (χ4n) is 3.65. The number of fused-ring (bicyclic) bond motifs is 1. The van der Waals surface area contributed by atoms with E-state index in [1.165, 1.54) is 0 Å². The first-order valence-electron chi connectivity index (χ1n) is 8.12. The van der Waals surface area contributed by atoms with Crippen molar-refractivity contribution in [3.63, 3.8) is 0 Å². The minimum atomic E-state index is -3.17. The molecule has 0 amide bonds. The molecule has 0 radical (unpaired) electrons. The Kier molecular flexibility index (Phi) is 4.21. The molecule has 1 fully saturated rings. The summed E-state index contributed by atoms with van der Waals surface area (Å²) in [6.07, 6.45) is 2.32. The lowest BCUT2D eigenvalue weighted by atomic mass is 9.83. The molecule has 4 nitrogen and oxygen atoms in total. The lowest BCUT2D eigenvalue weighted by molar-refractivity contribution is 0.0150. The second-order valence-electron chi connectivity index (χ2n) is 6.99. The van der Waals surface area contributed by atoms with Gasteiger partial charge in [-0.1, -0.05) is 32.0 Å². The molecule has 1 saturated heterocycles. The molecule has 0 aliphatic carbocycles. The van der Waals surface area contributed by atoms with Crippen LogP contribution in [0.15, 0.2) is 24.3 Å². The average molecular weight is 323 g/mol. The molecule has 1 aromatic carbocycles. The van der Waals surface area contributed by atoms with E-state index in [-0.39, 0.29) is 17.3 Å². The van der Waals surface area contributed by atoms with Crippen LogP contribution in [0.5, 0.6) is 5.75 Å². The molecule has 2 heterocycles. The van der Waals surface area contributed by atoms with E-state index in [4.69, 9.17) is 4.74 Å². The second-order valence-corrected chi connectivity index (χ2v) is 9.22. The Labute approximate surface area is 133 Å². The Balaban J connectivity index is 2.00. The minimum absolute atomic E-state index is 0.143. The Bertz CT molecular complexity index is 633. The molecular formula is C17H25NO3S. The van der Waals surface area contributed by atoms with E-state index in [0.29, 0.717) is 6.42 Å². The average Bonchev–Trinajstić information content (AvgIpc) is 2.46. The molecular weight excluding hydrogens is 298 g/mol. The third-order valence-electron chi connectivity index (χ3n) is 4.66. The van der Waals surface area contributed by atoms with Gasteiger partial charge in [0.25, 0.3) is 0 Å². The summed E-state index contributed by atoms with van der Waals surface area (Å²) in [4.78, 5) is 0. The molecule has 1 N–H and O–H groups in total. The highest BCUT2D eigenvalue weighted by molar-refractivity contribution is 7.91.